The summed E-state index contributed by atoms with van der Waals surface area (Å²) in [6.45, 7) is 0. The average Bonchev–Trinajstić information content (AvgIpc) is 2.05. The van der Waals surface area contributed by atoms with Crippen LogP contribution in [0, 0.1) is 0 Å². The molecule has 4 heteroatoms. The van der Waals surface area contributed by atoms with Crippen molar-refractivity contribution in [2.75, 3.05) is 0 Å². The van der Waals surface area contributed by atoms with Crippen LogP contribution in [0.2, 0.25) is 0 Å². The first-order valence-corrected chi connectivity index (χ1v) is 3.98. The normalized spacial score (nSPS) is 11.4. The molecule has 1 aromatic carbocycles. The SMILES string of the molecule is C.O=C(c1ccccc1)S(=O)[O-]. The Hall–Kier alpha value is -1.00. The summed E-state index contributed by atoms with van der Waals surface area (Å²) in [5.41, 5.74) is 0.195. The molecule has 0 aliphatic carbocycles. The van der Waals surface area contributed by atoms with Gasteiger partial charge in [-0.1, -0.05) is 37.8 Å². The molecule has 0 saturated carbocycles. The molecule has 3 nitrogen and oxygen atoms in total. The van der Waals surface area contributed by atoms with Crippen molar-refractivity contribution in [2.24, 2.45) is 0 Å². The van der Waals surface area contributed by atoms with Gasteiger partial charge in [0.1, 0.15) is 0 Å². The van der Waals surface area contributed by atoms with E-state index in [4.69, 9.17) is 0 Å². The van der Waals surface area contributed by atoms with Crippen molar-refractivity contribution in [1.29, 1.82) is 0 Å². The molecule has 1 unspecified atom stereocenters. The number of hydrogen-bond acceptors (Lipinski definition) is 3. The summed E-state index contributed by atoms with van der Waals surface area (Å²) < 4.78 is 20.3. The topological polar surface area (TPSA) is 57.2 Å². The van der Waals surface area contributed by atoms with Crippen LogP contribution in [0.15, 0.2) is 30.3 Å². The maximum atomic E-state index is 10.7. The lowest BCUT2D eigenvalue weighted by atomic mass is 10.2. The highest BCUT2D eigenvalue weighted by Crippen LogP contribution is 2.00. The van der Waals surface area contributed by atoms with Crippen molar-refractivity contribution < 1.29 is 13.6 Å². The minimum atomic E-state index is -2.65. The first kappa shape index (κ1) is 11.0. The van der Waals surface area contributed by atoms with Crippen molar-refractivity contribution >= 4 is 16.2 Å². The summed E-state index contributed by atoms with van der Waals surface area (Å²) in [5, 5.41) is -0.870. The summed E-state index contributed by atoms with van der Waals surface area (Å²) in [6, 6.07) is 7.85. The van der Waals surface area contributed by atoms with Gasteiger partial charge in [-0.3, -0.25) is 9.00 Å². The van der Waals surface area contributed by atoms with Gasteiger partial charge in [-0.2, -0.15) is 0 Å². The summed E-state index contributed by atoms with van der Waals surface area (Å²) in [4.78, 5) is 10.7. The van der Waals surface area contributed by atoms with Gasteiger partial charge in [-0.25, -0.2) is 0 Å². The van der Waals surface area contributed by atoms with Crippen molar-refractivity contribution in [2.45, 2.75) is 7.43 Å². The third-order valence-corrected chi connectivity index (χ3v) is 1.70. The zero-order chi connectivity index (χ0) is 8.27. The van der Waals surface area contributed by atoms with Crippen molar-refractivity contribution in [1.82, 2.24) is 0 Å². The van der Waals surface area contributed by atoms with Gasteiger partial charge in [-0.05, 0) is 0 Å². The molecule has 1 rings (SSSR count). The van der Waals surface area contributed by atoms with Gasteiger partial charge in [0.05, 0.1) is 0 Å². The molecule has 0 aromatic heterocycles. The molecule has 12 heavy (non-hydrogen) atoms. The highest BCUT2D eigenvalue weighted by Gasteiger charge is 2.02. The minimum Gasteiger partial charge on any atom is -0.766 e. The molecular formula is C8H9O3S-. The Morgan fingerprint density at radius 1 is 1.25 bits per heavy atom. The maximum absolute atomic E-state index is 10.7. The van der Waals surface area contributed by atoms with Gasteiger partial charge in [0.15, 0.2) is 0 Å². The van der Waals surface area contributed by atoms with E-state index in [1.54, 1.807) is 18.2 Å². The van der Waals surface area contributed by atoms with E-state index in [9.17, 15) is 13.6 Å². The molecule has 0 heterocycles. The molecule has 0 bridgehead atoms. The van der Waals surface area contributed by atoms with E-state index in [1.807, 2.05) is 0 Å². The smallest absolute Gasteiger partial charge is 0.236 e. The van der Waals surface area contributed by atoms with Crippen LogP contribution in [-0.2, 0) is 11.1 Å². The van der Waals surface area contributed by atoms with Gasteiger partial charge < -0.3 is 4.55 Å². The number of benzene rings is 1. The van der Waals surface area contributed by atoms with Gasteiger partial charge >= 0.3 is 0 Å². The molecule has 0 saturated heterocycles. The molecule has 1 atom stereocenters. The quantitative estimate of drug-likeness (QED) is 0.620. The number of hydrogen-bond donors (Lipinski definition) is 0. The highest BCUT2D eigenvalue weighted by molar-refractivity contribution is 7.95. The molecule has 66 valence electrons. The van der Waals surface area contributed by atoms with Crippen LogP contribution < -0.4 is 0 Å². The van der Waals surface area contributed by atoms with Crippen molar-refractivity contribution in [3.63, 3.8) is 0 Å². The first-order chi connectivity index (χ1) is 5.22. The first-order valence-electron chi connectivity index (χ1n) is 2.90. The Bertz CT molecular complexity index is 282. The van der Waals surface area contributed by atoms with Crippen molar-refractivity contribution in [3.8, 4) is 0 Å². The largest absolute Gasteiger partial charge is 0.766 e. The monoisotopic (exact) mass is 185 g/mol. The summed E-state index contributed by atoms with van der Waals surface area (Å²) >= 11 is -2.65. The molecule has 0 fully saturated rings. The van der Waals surface area contributed by atoms with Crippen LogP contribution in [0.4, 0.5) is 0 Å². The standard InChI is InChI=1S/C7H6O3S.CH4/c8-7(11(9)10)6-4-2-1-3-5-6;/h1-5H,(H,9,10);1H4/p-1. The van der Waals surface area contributed by atoms with E-state index in [0.717, 1.165) is 0 Å². The van der Waals surface area contributed by atoms with Crippen LogP contribution in [0.25, 0.3) is 0 Å². The lowest BCUT2D eigenvalue weighted by Crippen LogP contribution is -2.05. The van der Waals surface area contributed by atoms with Crippen molar-refractivity contribution in [3.05, 3.63) is 35.9 Å². The van der Waals surface area contributed by atoms with E-state index in [2.05, 4.69) is 0 Å². The third-order valence-electron chi connectivity index (χ3n) is 1.16. The second-order valence-corrected chi connectivity index (χ2v) is 2.73. The van der Waals surface area contributed by atoms with Gasteiger partial charge in [0.2, 0.25) is 5.12 Å². The predicted octanol–water partition coefficient (Wildman–Crippen LogP) is 1.34. The molecule has 0 aliphatic heterocycles. The number of carbonyl (C=O) groups excluding carboxylic acids is 1. The summed E-state index contributed by atoms with van der Waals surface area (Å²) in [6.07, 6.45) is 0. The summed E-state index contributed by atoms with van der Waals surface area (Å²) in [7, 11) is 0. The minimum absolute atomic E-state index is 0. The predicted molar refractivity (Wildman–Crippen MR) is 46.4 cm³/mol. The van der Waals surface area contributed by atoms with E-state index in [0.29, 0.717) is 0 Å². The van der Waals surface area contributed by atoms with Crippen LogP contribution >= 0.6 is 0 Å². The lowest BCUT2D eigenvalue weighted by molar-refractivity contribution is 0.107. The molecule has 0 N–H and O–H groups in total. The lowest BCUT2D eigenvalue weighted by Gasteiger charge is -2.01. The fraction of sp³-hybridized carbons (Fsp3) is 0.125. The van der Waals surface area contributed by atoms with E-state index in [1.165, 1.54) is 12.1 Å². The van der Waals surface area contributed by atoms with Crippen LogP contribution in [-0.4, -0.2) is 13.9 Å². The Morgan fingerprint density at radius 2 is 1.75 bits per heavy atom. The van der Waals surface area contributed by atoms with Crippen LogP contribution in [0.3, 0.4) is 0 Å². The Morgan fingerprint density at radius 3 is 2.17 bits per heavy atom. The zero-order valence-electron chi connectivity index (χ0n) is 5.52. The van der Waals surface area contributed by atoms with Gasteiger partial charge in [-0.15, -0.1) is 0 Å². The third kappa shape index (κ3) is 2.56. The second-order valence-electron chi connectivity index (χ2n) is 1.89. The fourth-order valence-corrected chi connectivity index (χ4v) is 0.999. The van der Waals surface area contributed by atoms with E-state index in [-0.39, 0.29) is 13.0 Å². The molecular weight excluding hydrogens is 176 g/mol. The number of carbonyl (C=O) groups is 1. The average molecular weight is 185 g/mol. The van der Waals surface area contributed by atoms with Gasteiger partial charge in [0.25, 0.3) is 0 Å². The highest BCUT2D eigenvalue weighted by atomic mass is 32.2. The molecule has 0 amide bonds. The zero-order valence-corrected chi connectivity index (χ0v) is 6.34. The molecule has 0 spiro atoms. The Kier molecular flexibility index (Phi) is 4.39. The van der Waals surface area contributed by atoms with E-state index < -0.39 is 16.2 Å². The fourth-order valence-electron chi connectivity index (χ4n) is 0.670. The van der Waals surface area contributed by atoms with Crippen LogP contribution in [0.1, 0.15) is 17.8 Å². The van der Waals surface area contributed by atoms with Gasteiger partial charge in [0, 0.05) is 16.6 Å². The maximum Gasteiger partial charge on any atom is 0.236 e. The Labute approximate surface area is 73.7 Å². The Balaban J connectivity index is 0.00000121. The molecule has 0 aliphatic rings. The summed E-state index contributed by atoms with van der Waals surface area (Å²) in [5.74, 6) is 0. The second kappa shape index (κ2) is 4.79. The van der Waals surface area contributed by atoms with Crippen LogP contribution in [0.5, 0.6) is 0 Å². The molecule has 0 radical (unpaired) electrons. The van der Waals surface area contributed by atoms with E-state index >= 15 is 0 Å². The number of rotatable bonds is 1. The molecule has 1 aromatic rings.